The Labute approximate surface area is 108 Å². The van der Waals surface area contributed by atoms with Gasteiger partial charge in [0.25, 0.3) is 0 Å². The van der Waals surface area contributed by atoms with Crippen molar-refractivity contribution in [1.29, 1.82) is 0 Å². The van der Waals surface area contributed by atoms with Crippen molar-refractivity contribution < 1.29 is 9.53 Å². The number of carbonyl (C=O) groups excluding carboxylic acids is 1. The van der Waals surface area contributed by atoms with Crippen molar-refractivity contribution in [2.24, 2.45) is 0 Å². The highest BCUT2D eigenvalue weighted by Crippen LogP contribution is 2.17. The summed E-state index contributed by atoms with van der Waals surface area (Å²) >= 11 is 0. The fourth-order valence-corrected chi connectivity index (χ4v) is 2.20. The van der Waals surface area contributed by atoms with E-state index in [1.807, 2.05) is 24.3 Å². The highest BCUT2D eigenvalue weighted by molar-refractivity contribution is 5.95. The van der Waals surface area contributed by atoms with E-state index in [-0.39, 0.29) is 11.9 Å². The van der Waals surface area contributed by atoms with Gasteiger partial charge in [-0.3, -0.25) is 4.79 Å². The van der Waals surface area contributed by atoms with Crippen LogP contribution in [-0.2, 0) is 16.0 Å². The van der Waals surface area contributed by atoms with Crippen molar-refractivity contribution >= 4 is 11.6 Å². The number of hydrogen-bond donors (Lipinski definition) is 2. The van der Waals surface area contributed by atoms with Gasteiger partial charge in [0.2, 0.25) is 5.91 Å². The maximum absolute atomic E-state index is 12.0. The second kappa shape index (κ2) is 6.52. The summed E-state index contributed by atoms with van der Waals surface area (Å²) in [6, 6.07) is 7.84. The molecule has 2 N–H and O–H groups in total. The zero-order chi connectivity index (χ0) is 12.8. The Morgan fingerprint density at radius 3 is 3.06 bits per heavy atom. The molecule has 1 unspecified atom stereocenters. The van der Waals surface area contributed by atoms with E-state index in [4.69, 9.17) is 4.74 Å². The van der Waals surface area contributed by atoms with E-state index in [1.165, 1.54) is 0 Å². The lowest BCUT2D eigenvalue weighted by Gasteiger charge is -2.14. The predicted molar refractivity (Wildman–Crippen MR) is 71.7 cm³/mol. The van der Waals surface area contributed by atoms with Gasteiger partial charge in [-0.25, -0.2) is 0 Å². The number of methoxy groups -OCH3 is 1. The van der Waals surface area contributed by atoms with Crippen LogP contribution in [-0.4, -0.2) is 32.2 Å². The molecule has 0 saturated carbocycles. The van der Waals surface area contributed by atoms with Crippen molar-refractivity contribution in [1.82, 2.24) is 5.32 Å². The molecule has 1 aliphatic rings. The molecule has 0 bridgehead atoms. The smallest absolute Gasteiger partial charge is 0.241 e. The van der Waals surface area contributed by atoms with Gasteiger partial charge in [-0.2, -0.15) is 0 Å². The van der Waals surface area contributed by atoms with Gasteiger partial charge in [-0.05, 0) is 37.4 Å². The molecule has 0 spiro atoms. The second-order valence-electron chi connectivity index (χ2n) is 4.54. The molecule has 1 fully saturated rings. The van der Waals surface area contributed by atoms with E-state index in [0.29, 0.717) is 6.61 Å². The number of benzene rings is 1. The zero-order valence-electron chi connectivity index (χ0n) is 10.7. The van der Waals surface area contributed by atoms with Crippen LogP contribution in [0.1, 0.15) is 18.4 Å². The van der Waals surface area contributed by atoms with Crippen LogP contribution >= 0.6 is 0 Å². The number of carbonyl (C=O) groups is 1. The van der Waals surface area contributed by atoms with Crippen LogP contribution in [0.3, 0.4) is 0 Å². The molecule has 2 rings (SSSR count). The number of rotatable bonds is 5. The van der Waals surface area contributed by atoms with Crippen molar-refractivity contribution in [3.63, 3.8) is 0 Å². The minimum absolute atomic E-state index is 0.0412. The first-order valence-corrected chi connectivity index (χ1v) is 6.42. The molecular weight excluding hydrogens is 228 g/mol. The maximum Gasteiger partial charge on any atom is 0.241 e. The van der Waals surface area contributed by atoms with Gasteiger partial charge in [-0.15, -0.1) is 0 Å². The van der Waals surface area contributed by atoms with Gasteiger partial charge in [0, 0.05) is 12.8 Å². The van der Waals surface area contributed by atoms with E-state index in [2.05, 4.69) is 10.6 Å². The number of amides is 1. The second-order valence-corrected chi connectivity index (χ2v) is 4.54. The molecule has 1 aromatic carbocycles. The number of nitrogens with one attached hydrogen (secondary N) is 2. The molecule has 1 aliphatic heterocycles. The molecule has 1 saturated heterocycles. The predicted octanol–water partition coefficient (Wildman–Crippen LogP) is 1.57. The molecule has 1 atom stereocenters. The number of para-hydroxylation sites is 1. The normalized spacial score (nSPS) is 18.8. The standard InChI is InChI=1S/C14H20N2O2/c1-18-10-8-11-5-2-3-6-12(11)16-14(17)13-7-4-9-15-13/h2-3,5-6,13,15H,4,7-10H2,1H3,(H,16,17). The summed E-state index contributed by atoms with van der Waals surface area (Å²) in [7, 11) is 1.68. The summed E-state index contributed by atoms with van der Waals surface area (Å²) < 4.78 is 5.08. The average molecular weight is 248 g/mol. The molecule has 18 heavy (non-hydrogen) atoms. The minimum atomic E-state index is -0.0412. The number of hydrogen-bond acceptors (Lipinski definition) is 3. The fourth-order valence-electron chi connectivity index (χ4n) is 2.20. The van der Waals surface area contributed by atoms with Gasteiger partial charge in [-0.1, -0.05) is 18.2 Å². The molecule has 4 nitrogen and oxygen atoms in total. The maximum atomic E-state index is 12.0. The first-order chi connectivity index (χ1) is 8.81. The SMILES string of the molecule is COCCc1ccccc1NC(=O)C1CCCN1. The summed E-state index contributed by atoms with van der Waals surface area (Å²) in [5.41, 5.74) is 2.01. The van der Waals surface area contributed by atoms with Crippen molar-refractivity contribution in [2.75, 3.05) is 25.6 Å². The van der Waals surface area contributed by atoms with Crippen LogP contribution in [0.15, 0.2) is 24.3 Å². The quantitative estimate of drug-likeness (QED) is 0.831. The van der Waals surface area contributed by atoms with Crippen LogP contribution < -0.4 is 10.6 Å². The van der Waals surface area contributed by atoms with Crippen LogP contribution in [0, 0.1) is 0 Å². The molecule has 98 valence electrons. The van der Waals surface area contributed by atoms with E-state index < -0.39 is 0 Å². The molecule has 4 heteroatoms. The van der Waals surface area contributed by atoms with Gasteiger partial charge < -0.3 is 15.4 Å². The van der Waals surface area contributed by atoms with Crippen molar-refractivity contribution in [3.05, 3.63) is 29.8 Å². The third kappa shape index (κ3) is 3.31. The lowest BCUT2D eigenvalue weighted by Crippen LogP contribution is -2.35. The summed E-state index contributed by atoms with van der Waals surface area (Å²) in [4.78, 5) is 12.0. The van der Waals surface area contributed by atoms with E-state index in [1.54, 1.807) is 7.11 Å². The first kappa shape index (κ1) is 13.1. The van der Waals surface area contributed by atoms with Gasteiger partial charge in [0.15, 0.2) is 0 Å². The Morgan fingerprint density at radius 2 is 2.33 bits per heavy atom. The van der Waals surface area contributed by atoms with E-state index in [0.717, 1.165) is 37.1 Å². The van der Waals surface area contributed by atoms with Gasteiger partial charge >= 0.3 is 0 Å². The highest BCUT2D eigenvalue weighted by atomic mass is 16.5. The zero-order valence-corrected chi connectivity index (χ0v) is 10.7. The summed E-state index contributed by atoms with van der Waals surface area (Å²) in [6.45, 7) is 1.60. The molecule has 1 heterocycles. The number of ether oxygens (including phenoxy) is 1. The largest absolute Gasteiger partial charge is 0.384 e. The fraction of sp³-hybridized carbons (Fsp3) is 0.500. The molecule has 1 amide bonds. The van der Waals surface area contributed by atoms with Crippen LogP contribution in [0.2, 0.25) is 0 Å². The van der Waals surface area contributed by atoms with Crippen LogP contribution in [0.25, 0.3) is 0 Å². The first-order valence-electron chi connectivity index (χ1n) is 6.42. The number of anilines is 1. The monoisotopic (exact) mass is 248 g/mol. The minimum Gasteiger partial charge on any atom is -0.384 e. The third-order valence-corrected chi connectivity index (χ3v) is 3.23. The molecule has 0 radical (unpaired) electrons. The van der Waals surface area contributed by atoms with Crippen LogP contribution in [0.5, 0.6) is 0 Å². The van der Waals surface area contributed by atoms with Gasteiger partial charge in [0.05, 0.1) is 12.6 Å². The Bertz CT molecular complexity index is 401. The van der Waals surface area contributed by atoms with E-state index >= 15 is 0 Å². The van der Waals surface area contributed by atoms with Crippen LogP contribution in [0.4, 0.5) is 5.69 Å². The van der Waals surface area contributed by atoms with E-state index in [9.17, 15) is 4.79 Å². The Morgan fingerprint density at radius 1 is 1.50 bits per heavy atom. The lowest BCUT2D eigenvalue weighted by atomic mass is 10.1. The molecule has 0 aromatic heterocycles. The lowest BCUT2D eigenvalue weighted by molar-refractivity contribution is -0.117. The molecule has 0 aliphatic carbocycles. The third-order valence-electron chi connectivity index (χ3n) is 3.23. The summed E-state index contributed by atoms with van der Waals surface area (Å²) in [6.07, 6.45) is 2.81. The average Bonchev–Trinajstić information content (AvgIpc) is 2.91. The Hall–Kier alpha value is -1.39. The summed E-state index contributed by atoms with van der Waals surface area (Å²) in [5, 5.41) is 6.21. The van der Waals surface area contributed by atoms with Crippen molar-refractivity contribution in [2.45, 2.75) is 25.3 Å². The molecule has 1 aromatic rings. The topological polar surface area (TPSA) is 50.4 Å². The van der Waals surface area contributed by atoms with Gasteiger partial charge in [0.1, 0.15) is 0 Å². The highest BCUT2D eigenvalue weighted by Gasteiger charge is 2.22. The Balaban J connectivity index is 2.00. The Kier molecular flexibility index (Phi) is 4.73. The summed E-state index contributed by atoms with van der Waals surface area (Å²) in [5.74, 6) is 0.0670. The van der Waals surface area contributed by atoms with Crippen molar-refractivity contribution in [3.8, 4) is 0 Å². The molecular formula is C14H20N2O2.